The molecular weight excluding hydrogens is 250 g/mol. The molecule has 112 valence electrons. The van der Waals surface area contributed by atoms with Crippen LogP contribution >= 0.6 is 0 Å². The summed E-state index contributed by atoms with van der Waals surface area (Å²) in [5.41, 5.74) is 5.74. The van der Waals surface area contributed by atoms with Gasteiger partial charge in [0.2, 0.25) is 5.95 Å². The maximum atomic E-state index is 5.74. The van der Waals surface area contributed by atoms with Gasteiger partial charge in [0.25, 0.3) is 0 Å². The molecular formula is C15H27N5. The second-order valence-electron chi connectivity index (χ2n) is 5.64. The zero-order chi connectivity index (χ0) is 14.2. The minimum absolute atomic E-state index is 0.325. The number of aromatic nitrogens is 2. The lowest BCUT2D eigenvalue weighted by Crippen LogP contribution is -2.13. The van der Waals surface area contributed by atoms with Crippen LogP contribution in [-0.2, 0) is 0 Å². The van der Waals surface area contributed by atoms with Crippen LogP contribution in [0.1, 0.15) is 51.9 Å². The summed E-state index contributed by atoms with van der Waals surface area (Å²) < 4.78 is 0. The van der Waals surface area contributed by atoms with Crippen molar-refractivity contribution in [1.29, 1.82) is 0 Å². The van der Waals surface area contributed by atoms with Gasteiger partial charge in [0.05, 0.1) is 0 Å². The number of rotatable bonds is 7. The summed E-state index contributed by atoms with van der Waals surface area (Å²) in [5.74, 6) is 2.84. The molecule has 2 rings (SSSR count). The van der Waals surface area contributed by atoms with Crippen LogP contribution in [0.3, 0.4) is 0 Å². The highest BCUT2D eigenvalue weighted by molar-refractivity contribution is 5.50. The third kappa shape index (κ3) is 4.87. The van der Waals surface area contributed by atoms with Crippen LogP contribution in [0.4, 0.5) is 17.6 Å². The summed E-state index contributed by atoms with van der Waals surface area (Å²) in [5, 5.41) is 6.62. The van der Waals surface area contributed by atoms with E-state index in [1.165, 1.54) is 38.5 Å². The molecule has 0 spiro atoms. The molecule has 1 fully saturated rings. The van der Waals surface area contributed by atoms with Gasteiger partial charge in [-0.1, -0.05) is 39.0 Å². The lowest BCUT2D eigenvalue weighted by Gasteiger charge is -2.21. The molecule has 4 N–H and O–H groups in total. The lowest BCUT2D eigenvalue weighted by molar-refractivity contribution is 0.345. The Morgan fingerprint density at radius 1 is 1.10 bits per heavy atom. The third-order valence-corrected chi connectivity index (χ3v) is 3.88. The molecule has 1 aromatic rings. The molecule has 0 saturated heterocycles. The summed E-state index contributed by atoms with van der Waals surface area (Å²) >= 11 is 0. The smallest absolute Gasteiger partial charge is 0.223 e. The molecule has 0 unspecified atom stereocenters. The molecule has 1 aromatic heterocycles. The molecule has 1 saturated carbocycles. The molecule has 5 nitrogen and oxygen atoms in total. The molecule has 0 aromatic carbocycles. The highest BCUT2D eigenvalue weighted by Crippen LogP contribution is 2.26. The van der Waals surface area contributed by atoms with Crippen LogP contribution in [0.25, 0.3) is 0 Å². The summed E-state index contributed by atoms with van der Waals surface area (Å²) in [6.07, 6.45) is 9.27. The number of anilines is 3. The van der Waals surface area contributed by atoms with Gasteiger partial charge in [-0.25, -0.2) is 0 Å². The van der Waals surface area contributed by atoms with Crippen molar-refractivity contribution < 1.29 is 0 Å². The van der Waals surface area contributed by atoms with Gasteiger partial charge in [0.15, 0.2) is 0 Å². The van der Waals surface area contributed by atoms with E-state index in [2.05, 4.69) is 27.5 Å². The monoisotopic (exact) mass is 277 g/mol. The normalized spacial score (nSPS) is 16.1. The van der Waals surface area contributed by atoms with Crippen molar-refractivity contribution >= 4 is 17.6 Å². The number of nitrogens with one attached hydrogen (secondary N) is 2. The molecule has 0 radical (unpaired) electrons. The van der Waals surface area contributed by atoms with E-state index in [1.54, 1.807) is 0 Å². The van der Waals surface area contributed by atoms with E-state index >= 15 is 0 Å². The van der Waals surface area contributed by atoms with Gasteiger partial charge in [-0.2, -0.15) is 9.97 Å². The van der Waals surface area contributed by atoms with Crippen LogP contribution in [-0.4, -0.2) is 23.1 Å². The van der Waals surface area contributed by atoms with Crippen molar-refractivity contribution in [1.82, 2.24) is 9.97 Å². The van der Waals surface area contributed by atoms with E-state index in [9.17, 15) is 0 Å². The molecule has 0 atom stereocenters. The fourth-order valence-corrected chi connectivity index (χ4v) is 2.78. The molecule has 5 heteroatoms. The van der Waals surface area contributed by atoms with Crippen LogP contribution < -0.4 is 16.4 Å². The number of nitrogen functional groups attached to an aromatic ring is 1. The summed E-state index contributed by atoms with van der Waals surface area (Å²) in [7, 11) is 0. The molecule has 1 heterocycles. The second kappa shape index (κ2) is 7.92. The number of nitrogens with two attached hydrogens (primary N) is 1. The van der Waals surface area contributed by atoms with Crippen LogP contribution in [0.15, 0.2) is 6.07 Å². The van der Waals surface area contributed by atoms with Crippen molar-refractivity contribution in [2.24, 2.45) is 5.92 Å². The molecule has 0 amide bonds. The fraction of sp³-hybridized carbons (Fsp3) is 0.733. The van der Waals surface area contributed by atoms with Crippen LogP contribution in [0.5, 0.6) is 0 Å². The lowest BCUT2D eigenvalue weighted by atomic mass is 9.87. The van der Waals surface area contributed by atoms with Gasteiger partial charge in [0.1, 0.15) is 11.6 Å². The first kappa shape index (κ1) is 14.9. The maximum absolute atomic E-state index is 5.74. The maximum Gasteiger partial charge on any atom is 0.223 e. The first-order chi connectivity index (χ1) is 9.78. The molecule has 1 aliphatic rings. The van der Waals surface area contributed by atoms with E-state index < -0.39 is 0 Å². The fourth-order valence-electron chi connectivity index (χ4n) is 2.78. The Labute approximate surface area is 121 Å². The van der Waals surface area contributed by atoms with Crippen molar-refractivity contribution in [2.45, 2.75) is 51.9 Å². The van der Waals surface area contributed by atoms with E-state index in [0.717, 1.165) is 37.1 Å². The van der Waals surface area contributed by atoms with Crippen molar-refractivity contribution in [3.05, 3.63) is 6.07 Å². The Bertz CT molecular complexity index is 401. The van der Waals surface area contributed by atoms with Crippen LogP contribution in [0.2, 0.25) is 0 Å². The quantitative estimate of drug-likeness (QED) is 0.713. The SMILES string of the molecule is CCCNc1cc(NCCC2CCCCC2)nc(N)n1. The Balaban J connectivity index is 1.80. The van der Waals surface area contributed by atoms with Gasteiger partial charge in [0, 0.05) is 19.2 Å². The summed E-state index contributed by atoms with van der Waals surface area (Å²) in [4.78, 5) is 8.42. The Morgan fingerprint density at radius 2 is 1.75 bits per heavy atom. The highest BCUT2D eigenvalue weighted by Gasteiger charge is 2.12. The standard InChI is InChI=1S/C15H27N5/c1-2-9-17-13-11-14(20-15(16)19-13)18-10-8-12-6-4-3-5-7-12/h11-12H,2-10H2,1H3,(H4,16,17,18,19,20). The van der Waals surface area contributed by atoms with Gasteiger partial charge in [-0.3, -0.25) is 0 Å². The van der Waals surface area contributed by atoms with Crippen LogP contribution in [0, 0.1) is 5.92 Å². The third-order valence-electron chi connectivity index (χ3n) is 3.88. The second-order valence-corrected chi connectivity index (χ2v) is 5.64. The molecule has 20 heavy (non-hydrogen) atoms. The van der Waals surface area contributed by atoms with Crippen molar-refractivity contribution in [3.8, 4) is 0 Å². The van der Waals surface area contributed by atoms with Gasteiger partial charge >= 0.3 is 0 Å². The van der Waals surface area contributed by atoms with Crippen molar-refractivity contribution in [2.75, 3.05) is 29.5 Å². The predicted molar refractivity (Wildman–Crippen MR) is 84.9 cm³/mol. The van der Waals surface area contributed by atoms with E-state index in [4.69, 9.17) is 5.73 Å². The predicted octanol–water partition coefficient (Wildman–Crippen LogP) is 3.26. The minimum atomic E-state index is 0.325. The number of hydrogen-bond donors (Lipinski definition) is 3. The summed E-state index contributed by atoms with van der Waals surface area (Å²) in [6, 6.07) is 1.94. The minimum Gasteiger partial charge on any atom is -0.370 e. The molecule has 0 aliphatic heterocycles. The zero-order valence-corrected chi connectivity index (χ0v) is 12.5. The first-order valence-electron chi connectivity index (χ1n) is 7.90. The molecule has 1 aliphatic carbocycles. The van der Waals surface area contributed by atoms with Crippen molar-refractivity contribution in [3.63, 3.8) is 0 Å². The van der Waals surface area contributed by atoms with Gasteiger partial charge < -0.3 is 16.4 Å². The summed E-state index contributed by atoms with van der Waals surface area (Å²) in [6.45, 7) is 3.99. The first-order valence-corrected chi connectivity index (χ1v) is 7.90. The van der Waals surface area contributed by atoms with Gasteiger partial charge in [-0.05, 0) is 18.8 Å². The Morgan fingerprint density at radius 3 is 2.40 bits per heavy atom. The zero-order valence-electron chi connectivity index (χ0n) is 12.5. The number of nitrogens with zero attached hydrogens (tertiary/aromatic N) is 2. The topological polar surface area (TPSA) is 75.9 Å². The average Bonchev–Trinajstić information content (AvgIpc) is 2.46. The van der Waals surface area contributed by atoms with E-state index in [1.807, 2.05) is 6.07 Å². The van der Waals surface area contributed by atoms with E-state index in [0.29, 0.717) is 5.95 Å². The Kier molecular flexibility index (Phi) is 5.89. The van der Waals surface area contributed by atoms with Gasteiger partial charge in [-0.15, -0.1) is 0 Å². The number of hydrogen-bond acceptors (Lipinski definition) is 5. The van der Waals surface area contributed by atoms with E-state index in [-0.39, 0.29) is 0 Å². The average molecular weight is 277 g/mol. The largest absolute Gasteiger partial charge is 0.370 e. The highest BCUT2D eigenvalue weighted by atomic mass is 15.1. The molecule has 0 bridgehead atoms. The Hall–Kier alpha value is -1.52.